The van der Waals surface area contributed by atoms with Gasteiger partial charge in [-0.3, -0.25) is 4.90 Å². The maximum atomic E-state index is 12.3. The third-order valence-corrected chi connectivity index (χ3v) is 4.95. The first kappa shape index (κ1) is 18.1. The van der Waals surface area contributed by atoms with Crippen LogP contribution in [-0.2, 0) is 10.1 Å². The average molecular weight is 351 g/mol. The van der Waals surface area contributed by atoms with Crippen LogP contribution < -0.4 is 4.18 Å². The molecule has 8 heteroatoms. The van der Waals surface area contributed by atoms with Gasteiger partial charge in [-0.05, 0) is 50.0 Å². The smallest absolute Gasteiger partial charge is 0.376 e. The molecule has 0 aliphatic carbocycles. The van der Waals surface area contributed by atoms with E-state index >= 15 is 0 Å². The Kier molecular flexibility index (Phi) is 5.57. The minimum absolute atomic E-state index is 0.184. The second kappa shape index (κ2) is 7.09. The first-order valence-electron chi connectivity index (χ1n) is 7.59. The van der Waals surface area contributed by atoms with Gasteiger partial charge in [0.15, 0.2) is 0 Å². The maximum Gasteiger partial charge on any atom is 0.534 e. The maximum absolute atomic E-state index is 12.3. The summed E-state index contributed by atoms with van der Waals surface area (Å²) in [6.45, 7) is 4.05. The van der Waals surface area contributed by atoms with E-state index in [0.29, 0.717) is 0 Å². The predicted molar refractivity (Wildman–Crippen MR) is 80.5 cm³/mol. The summed E-state index contributed by atoms with van der Waals surface area (Å²) in [4.78, 5) is 2.35. The summed E-state index contributed by atoms with van der Waals surface area (Å²) < 4.78 is 63.0. The highest BCUT2D eigenvalue weighted by molar-refractivity contribution is 7.87. The fourth-order valence-corrected chi connectivity index (χ4v) is 3.31. The highest BCUT2D eigenvalue weighted by Crippen LogP contribution is 2.30. The Morgan fingerprint density at radius 3 is 2.17 bits per heavy atom. The molecule has 0 bridgehead atoms. The van der Waals surface area contributed by atoms with Crippen molar-refractivity contribution in [1.29, 1.82) is 0 Å². The van der Waals surface area contributed by atoms with Gasteiger partial charge >= 0.3 is 15.6 Å². The molecule has 0 N–H and O–H groups in total. The van der Waals surface area contributed by atoms with Crippen molar-refractivity contribution in [3.8, 4) is 5.75 Å². The molecule has 1 aromatic rings. The summed E-state index contributed by atoms with van der Waals surface area (Å²) in [7, 11) is -5.62. The van der Waals surface area contributed by atoms with Crippen LogP contribution in [0, 0.1) is 0 Å². The minimum Gasteiger partial charge on any atom is -0.376 e. The number of hydrogen-bond donors (Lipinski definition) is 0. The van der Waals surface area contributed by atoms with E-state index in [4.69, 9.17) is 0 Å². The van der Waals surface area contributed by atoms with Gasteiger partial charge in [0, 0.05) is 6.04 Å². The van der Waals surface area contributed by atoms with Crippen LogP contribution in [0.25, 0.3) is 0 Å². The molecule has 1 unspecified atom stereocenters. The molecular formula is C15H20F3NO3S. The SMILES string of the molecule is CCC(c1ccc(OS(=O)(=O)C(F)(F)F)cc1)N1CCCCC1. The summed E-state index contributed by atoms with van der Waals surface area (Å²) in [5.41, 5.74) is -4.48. The summed E-state index contributed by atoms with van der Waals surface area (Å²) in [6.07, 6.45) is 4.37. The molecule has 1 aliphatic heterocycles. The van der Waals surface area contributed by atoms with E-state index in [1.807, 2.05) is 0 Å². The van der Waals surface area contributed by atoms with Gasteiger partial charge in [0.1, 0.15) is 5.75 Å². The standard InChI is InChI=1S/C15H20F3NO3S/c1-2-14(19-10-4-3-5-11-19)12-6-8-13(9-7-12)22-23(20,21)15(16,17)18/h6-9,14H,2-5,10-11H2,1H3. The number of likely N-dealkylation sites (tertiary alicyclic amines) is 1. The molecule has 1 atom stereocenters. The van der Waals surface area contributed by atoms with E-state index in [9.17, 15) is 21.6 Å². The molecule has 0 amide bonds. The van der Waals surface area contributed by atoms with Crippen molar-refractivity contribution >= 4 is 10.1 Å². The zero-order valence-electron chi connectivity index (χ0n) is 12.8. The van der Waals surface area contributed by atoms with Crippen molar-refractivity contribution in [1.82, 2.24) is 4.90 Å². The second-order valence-corrected chi connectivity index (χ2v) is 7.11. The van der Waals surface area contributed by atoms with Gasteiger partial charge in [-0.1, -0.05) is 25.5 Å². The van der Waals surface area contributed by atoms with Gasteiger partial charge in [-0.25, -0.2) is 0 Å². The largest absolute Gasteiger partial charge is 0.534 e. The lowest BCUT2D eigenvalue weighted by atomic mass is 9.99. The van der Waals surface area contributed by atoms with Crippen LogP contribution in [0.3, 0.4) is 0 Å². The number of rotatable bonds is 5. The fourth-order valence-electron chi connectivity index (χ4n) is 2.85. The molecule has 4 nitrogen and oxygen atoms in total. The summed E-state index contributed by atoms with van der Waals surface area (Å²) in [6, 6.07) is 5.98. The number of halogens is 3. The normalized spacial score (nSPS) is 18.6. The predicted octanol–water partition coefficient (Wildman–Crippen LogP) is 3.85. The van der Waals surface area contributed by atoms with E-state index in [1.165, 1.54) is 18.6 Å². The Morgan fingerprint density at radius 2 is 1.70 bits per heavy atom. The molecule has 1 fully saturated rings. The van der Waals surface area contributed by atoms with E-state index in [1.54, 1.807) is 12.1 Å². The molecule has 0 radical (unpaired) electrons. The lowest BCUT2D eigenvalue weighted by molar-refractivity contribution is -0.0500. The number of benzene rings is 1. The highest BCUT2D eigenvalue weighted by atomic mass is 32.2. The average Bonchev–Trinajstić information content (AvgIpc) is 2.49. The molecule has 0 aromatic heterocycles. The Balaban J connectivity index is 2.12. The van der Waals surface area contributed by atoms with Gasteiger partial charge in [-0.2, -0.15) is 21.6 Å². The lowest BCUT2D eigenvalue weighted by Gasteiger charge is -2.34. The van der Waals surface area contributed by atoms with Gasteiger partial charge in [0.05, 0.1) is 0 Å². The molecule has 0 spiro atoms. The van der Waals surface area contributed by atoms with Gasteiger partial charge in [0.25, 0.3) is 0 Å². The number of piperidine rings is 1. The van der Waals surface area contributed by atoms with Crippen molar-refractivity contribution in [2.24, 2.45) is 0 Å². The van der Waals surface area contributed by atoms with Crippen LogP contribution in [0.4, 0.5) is 13.2 Å². The molecule has 130 valence electrons. The Bertz CT molecular complexity index is 608. The highest BCUT2D eigenvalue weighted by Gasteiger charge is 2.48. The van der Waals surface area contributed by atoms with Crippen molar-refractivity contribution in [2.75, 3.05) is 13.1 Å². The van der Waals surface area contributed by atoms with Crippen LogP contribution in [0.5, 0.6) is 5.75 Å². The Labute approximate surface area is 134 Å². The van der Waals surface area contributed by atoms with Crippen LogP contribution in [0.2, 0.25) is 0 Å². The molecule has 1 aliphatic rings. The molecule has 0 saturated carbocycles. The van der Waals surface area contributed by atoms with E-state index in [2.05, 4.69) is 16.0 Å². The molecule has 1 heterocycles. The van der Waals surface area contributed by atoms with Crippen LogP contribution >= 0.6 is 0 Å². The first-order valence-corrected chi connectivity index (χ1v) is 9.00. The Morgan fingerprint density at radius 1 is 1.13 bits per heavy atom. The van der Waals surface area contributed by atoms with Gasteiger partial charge in [-0.15, -0.1) is 0 Å². The van der Waals surface area contributed by atoms with Gasteiger partial charge in [0.2, 0.25) is 0 Å². The van der Waals surface area contributed by atoms with Crippen molar-refractivity contribution < 1.29 is 25.8 Å². The van der Waals surface area contributed by atoms with E-state index < -0.39 is 15.6 Å². The summed E-state index contributed by atoms with van der Waals surface area (Å²) in [5.74, 6) is -0.334. The van der Waals surface area contributed by atoms with Crippen LogP contribution in [-0.4, -0.2) is 31.9 Å². The second-order valence-electron chi connectivity index (χ2n) is 5.57. The molecular weight excluding hydrogens is 331 g/mol. The molecule has 2 rings (SSSR count). The lowest BCUT2D eigenvalue weighted by Crippen LogP contribution is -2.33. The van der Waals surface area contributed by atoms with Crippen molar-refractivity contribution in [2.45, 2.75) is 44.2 Å². The number of nitrogens with zero attached hydrogens (tertiary/aromatic N) is 1. The van der Waals surface area contributed by atoms with Gasteiger partial charge < -0.3 is 4.18 Å². The van der Waals surface area contributed by atoms with E-state index in [0.717, 1.165) is 37.9 Å². The quantitative estimate of drug-likeness (QED) is 0.597. The van der Waals surface area contributed by atoms with Crippen LogP contribution in [0.1, 0.15) is 44.2 Å². The van der Waals surface area contributed by atoms with Crippen molar-refractivity contribution in [3.63, 3.8) is 0 Å². The van der Waals surface area contributed by atoms with Crippen LogP contribution in [0.15, 0.2) is 24.3 Å². The zero-order valence-corrected chi connectivity index (χ0v) is 13.7. The third-order valence-electron chi connectivity index (χ3n) is 3.97. The summed E-state index contributed by atoms with van der Waals surface area (Å²) >= 11 is 0. The topological polar surface area (TPSA) is 46.6 Å². The number of hydrogen-bond acceptors (Lipinski definition) is 4. The third kappa shape index (κ3) is 4.38. The monoisotopic (exact) mass is 351 g/mol. The minimum atomic E-state index is -5.62. The first-order chi connectivity index (χ1) is 10.7. The molecule has 1 aromatic carbocycles. The Hall–Kier alpha value is -1.28. The fraction of sp³-hybridized carbons (Fsp3) is 0.600. The number of alkyl halides is 3. The molecule has 23 heavy (non-hydrogen) atoms. The molecule has 1 saturated heterocycles. The van der Waals surface area contributed by atoms with Crippen molar-refractivity contribution in [3.05, 3.63) is 29.8 Å². The van der Waals surface area contributed by atoms with E-state index in [-0.39, 0.29) is 11.8 Å². The summed E-state index contributed by atoms with van der Waals surface area (Å²) in [5, 5.41) is 0. The zero-order chi connectivity index (χ0) is 17.1.